The number of ether oxygens (including phenoxy) is 1. The van der Waals surface area contributed by atoms with Gasteiger partial charge in [-0.15, -0.1) is 0 Å². The first-order valence-electron chi connectivity index (χ1n) is 7.43. The average molecular weight is 260 g/mol. The number of piperidine rings is 1. The van der Waals surface area contributed by atoms with Crippen LogP contribution in [0.2, 0.25) is 0 Å². The molecule has 3 nitrogen and oxygen atoms in total. The van der Waals surface area contributed by atoms with Crippen LogP contribution in [0.5, 0.6) is 5.75 Å². The number of hydrogen-bond donors (Lipinski definition) is 1. The molecule has 0 amide bonds. The summed E-state index contributed by atoms with van der Waals surface area (Å²) in [5.74, 6) is 2.34. The summed E-state index contributed by atoms with van der Waals surface area (Å²) in [4.78, 5) is 2.54. The predicted octanol–water partition coefficient (Wildman–Crippen LogP) is 2.22. The van der Waals surface area contributed by atoms with E-state index in [0.717, 1.165) is 31.9 Å². The lowest BCUT2D eigenvalue weighted by Crippen LogP contribution is -2.48. The lowest BCUT2D eigenvalue weighted by Gasteiger charge is -2.38. The van der Waals surface area contributed by atoms with Crippen LogP contribution in [0.25, 0.3) is 0 Å². The normalized spacial score (nSPS) is 31.6. The third kappa shape index (κ3) is 2.77. The molecule has 3 atom stereocenters. The second-order valence-corrected chi connectivity index (χ2v) is 6.06. The van der Waals surface area contributed by atoms with Crippen LogP contribution in [-0.2, 0) is 0 Å². The van der Waals surface area contributed by atoms with Crippen molar-refractivity contribution in [3.8, 4) is 5.75 Å². The molecule has 3 heteroatoms. The first-order chi connectivity index (χ1) is 9.24. The molecule has 1 fully saturated rings. The highest BCUT2D eigenvalue weighted by molar-refractivity contribution is 5.37. The summed E-state index contributed by atoms with van der Waals surface area (Å²) in [7, 11) is 0. The zero-order valence-corrected chi connectivity index (χ0v) is 11.7. The molecule has 0 aliphatic carbocycles. The summed E-state index contributed by atoms with van der Waals surface area (Å²) in [6.07, 6.45) is 2.35. The number of fused-ring (bicyclic) bond motifs is 1. The Kier molecular flexibility index (Phi) is 3.76. The van der Waals surface area contributed by atoms with Crippen molar-refractivity contribution in [2.45, 2.75) is 31.7 Å². The molecule has 2 N–H and O–H groups in total. The fourth-order valence-corrected chi connectivity index (χ4v) is 3.25. The number of nitrogens with zero attached hydrogens (tertiary/aromatic N) is 1. The van der Waals surface area contributed by atoms with Gasteiger partial charge in [-0.1, -0.05) is 25.1 Å². The van der Waals surface area contributed by atoms with Gasteiger partial charge >= 0.3 is 0 Å². The molecular formula is C16H24N2O. The smallest absolute Gasteiger partial charge is 0.122 e. The van der Waals surface area contributed by atoms with Crippen molar-refractivity contribution >= 4 is 0 Å². The van der Waals surface area contributed by atoms with E-state index < -0.39 is 0 Å². The van der Waals surface area contributed by atoms with Crippen LogP contribution in [0, 0.1) is 5.92 Å². The van der Waals surface area contributed by atoms with Crippen molar-refractivity contribution in [1.82, 2.24) is 4.90 Å². The number of rotatable bonds is 2. The van der Waals surface area contributed by atoms with Crippen LogP contribution in [0.1, 0.15) is 31.2 Å². The van der Waals surface area contributed by atoms with Crippen molar-refractivity contribution in [2.75, 3.05) is 26.2 Å². The number of para-hydroxylation sites is 1. The van der Waals surface area contributed by atoms with Crippen LogP contribution in [-0.4, -0.2) is 37.2 Å². The van der Waals surface area contributed by atoms with Gasteiger partial charge in [-0.25, -0.2) is 0 Å². The van der Waals surface area contributed by atoms with Crippen LogP contribution in [0.3, 0.4) is 0 Å². The molecule has 2 aliphatic rings. The van der Waals surface area contributed by atoms with E-state index in [9.17, 15) is 0 Å². The minimum Gasteiger partial charge on any atom is -0.493 e. The first kappa shape index (κ1) is 12.9. The van der Waals surface area contributed by atoms with Crippen LogP contribution < -0.4 is 10.5 Å². The number of likely N-dealkylation sites (tertiary alicyclic amines) is 1. The summed E-state index contributed by atoms with van der Waals surface area (Å²) < 4.78 is 5.74. The molecule has 2 heterocycles. The van der Waals surface area contributed by atoms with Crippen LogP contribution >= 0.6 is 0 Å². The Bertz CT molecular complexity index is 435. The highest BCUT2D eigenvalue weighted by Crippen LogP contribution is 2.34. The fraction of sp³-hybridized carbons (Fsp3) is 0.625. The van der Waals surface area contributed by atoms with E-state index in [4.69, 9.17) is 10.5 Å². The first-order valence-corrected chi connectivity index (χ1v) is 7.43. The molecule has 0 bridgehead atoms. The highest BCUT2D eigenvalue weighted by Gasteiger charge is 2.27. The van der Waals surface area contributed by atoms with Gasteiger partial charge in [0, 0.05) is 25.0 Å². The quantitative estimate of drug-likeness (QED) is 0.886. The van der Waals surface area contributed by atoms with Crippen molar-refractivity contribution in [1.29, 1.82) is 0 Å². The summed E-state index contributed by atoms with van der Waals surface area (Å²) in [6.45, 7) is 6.47. The fourth-order valence-electron chi connectivity index (χ4n) is 3.25. The number of benzene rings is 1. The predicted molar refractivity (Wildman–Crippen MR) is 77.5 cm³/mol. The van der Waals surface area contributed by atoms with Crippen LogP contribution in [0.15, 0.2) is 24.3 Å². The molecule has 1 saturated heterocycles. The Balaban J connectivity index is 1.68. The van der Waals surface area contributed by atoms with E-state index >= 15 is 0 Å². The molecule has 0 aromatic heterocycles. The van der Waals surface area contributed by atoms with Gasteiger partial charge in [0.2, 0.25) is 0 Å². The topological polar surface area (TPSA) is 38.5 Å². The van der Waals surface area contributed by atoms with E-state index in [-0.39, 0.29) is 0 Å². The molecule has 3 unspecified atom stereocenters. The Morgan fingerprint density at radius 3 is 3.00 bits per heavy atom. The zero-order chi connectivity index (χ0) is 13.2. The molecule has 0 saturated carbocycles. The summed E-state index contributed by atoms with van der Waals surface area (Å²) in [5.41, 5.74) is 7.58. The zero-order valence-electron chi connectivity index (χ0n) is 11.7. The van der Waals surface area contributed by atoms with E-state index in [1.54, 1.807) is 0 Å². The van der Waals surface area contributed by atoms with E-state index in [2.05, 4.69) is 36.1 Å². The molecular weight excluding hydrogens is 236 g/mol. The molecule has 2 aliphatic heterocycles. The summed E-state index contributed by atoms with van der Waals surface area (Å²) in [5, 5.41) is 0. The van der Waals surface area contributed by atoms with E-state index in [1.165, 1.54) is 18.5 Å². The van der Waals surface area contributed by atoms with E-state index in [0.29, 0.717) is 17.9 Å². The van der Waals surface area contributed by atoms with Crippen molar-refractivity contribution in [3.63, 3.8) is 0 Å². The van der Waals surface area contributed by atoms with Gasteiger partial charge in [-0.3, -0.25) is 0 Å². The van der Waals surface area contributed by atoms with Gasteiger partial charge in [0.05, 0.1) is 6.61 Å². The summed E-state index contributed by atoms with van der Waals surface area (Å²) >= 11 is 0. The second-order valence-electron chi connectivity index (χ2n) is 6.06. The van der Waals surface area contributed by atoms with Gasteiger partial charge in [-0.05, 0) is 36.9 Å². The van der Waals surface area contributed by atoms with Crippen molar-refractivity contribution in [3.05, 3.63) is 29.8 Å². The Morgan fingerprint density at radius 1 is 1.32 bits per heavy atom. The SMILES string of the molecule is CC1CCN(CC2CCOc3ccccc32)CC1N. The second kappa shape index (κ2) is 5.51. The monoisotopic (exact) mass is 260 g/mol. The number of hydrogen-bond acceptors (Lipinski definition) is 3. The van der Waals surface area contributed by atoms with Gasteiger partial charge < -0.3 is 15.4 Å². The molecule has 1 aromatic carbocycles. The minimum absolute atomic E-state index is 0.337. The maximum atomic E-state index is 6.20. The highest BCUT2D eigenvalue weighted by atomic mass is 16.5. The molecule has 0 radical (unpaired) electrons. The minimum atomic E-state index is 0.337. The van der Waals surface area contributed by atoms with Gasteiger partial charge in [-0.2, -0.15) is 0 Å². The summed E-state index contributed by atoms with van der Waals surface area (Å²) in [6, 6.07) is 8.81. The van der Waals surface area contributed by atoms with Crippen molar-refractivity contribution < 1.29 is 4.74 Å². The third-order valence-electron chi connectivity index (χ3n) is 4.66. The Labute approximate surface area is 115 Å². The lowest BCUT2D eigenvalue weighted by atomic mass is 9.90. The maximum absolute atomic E-state index is 6.20. The van der Waals surface area contributed by atoms with Gasteiger partial charge in [0.1, 0.15) is 5.75 Å². The lowest BCUT2D eigenvalue weighted by molar-refractivity contribution is 0.148. The standard InChI is InChI=1S/C16H24N2O/c1-12-6-8-18(11-15(12)17)10-13-7-9-19-16-5-3-2-4-14(13)16/h2-5,12-13,15H,6-11,17H2,1H3. The Morgan fingerprint density at radius 2 is 2.16 bits per heavy atom. The molecule has 3 rings (SSSR count). The number of nitrogens with two attached hydrogens (primary N) is 1. The molecule has 104 valence electrons. The maximum Gasteiger partial charge on any atom is 0.122 e. The van der Waals surface area contributed by atoms with Crippen molar-refractivity contribution in [2.24, 2.45) is 11.7 Å². The average Bonchev–Trinajstić information content (AvgIpc) is 2.43. The molecule has 1 aromatic rings. The van der Waals surface area contributed by atoms with Gasteiger partial charge in [0.15, 0.2) is 0 Å². The Hall–Kier alpha value is -1.06. The molecule has 0 spiro atoms. The third-order valence-corrected chi connectivity index (χ3v) is 4.66. The molecule has 19 heavy (non-hydrogen) atoms. The van der Waals surface area contributed by atoms with Crippen LogP contribution in [0.4, 0.5) is 0 Å². The largest absolute Gasteiger partial charge is 0.493 e. The van der Waals surface area contributed by atoms with E-state index in [1.807, 2.05) is 0 Å². The van der Waals surface area contributed by atoms with Gasteiger partial charge in [0.25, 0.3) is 0 Å².